The third-order valence-corrected chi connectivity index (χ3v) is 8.98. The van der Waals surface area contributed by atoms with E-state index in [9.17, 15) is 13.2 Å². The molecular formula is C21H32Cl3N3O3S. The zero-order valence-corrected chi connectivity index (χ0v) is 21.1. The minimum Gasteiger partial charge on any atom is -0.350 e. The molecule has 1 aromatic carbocycles. The molecule has 1 aliphatic heterocycles. The van der Waals surface area contributed by atoms with E-state index in [4.69, 9.17) is 23.2 Å². The molecule has 1 amide bonds. The van der Waals surface area contributed by atoms with E-state index in [1.165, 1.54) is 12.8 Å². The summed E-state index contributed by atoms with van der Waals surface area (Å²) in [4.78, 5) is 15.3. The van der Waals surface area contributed by atoms with Gasteiger partial charge in [-0.15, -0.1) is 12.4 Å². The molecule has 176 valence electrons. The van der Waals surface area contributed by atoms with E-state index in [0.29, 0.717) is 48.3 Å². The molecule has 2 fully saturated rings. The number of sulfonamides is 1. The second-order valence-corrected chi connectivity index (χ2v) is 11.3. The van der Waals surface area contributed by atoms with Crippen LogP contribution in [0.5, 0.6) is 0 Å². The van der Waals surface area contributed by atoms with Gasteiger partial charge in [0.15, 0.2) is 0 Å². The quantitative estimate of drug-likeness (QED) is 0.580. The summed E-state index contributed by atoms with van der Waals surface area (Å²) in [5.41, 5.74) is 0.144. The summed E-state index contributed by atoms with van der Waals surface area (Å²) >= 11 is 12.4. The Hall–Kier alpha value is -0.570. The van der Waals surface area contributed by atoms with Crippen LogP contribution in [-0.4, -0.2) is 67.5 Å². The maximum atomic E-state index is 12.9. The highest BCUT2D eigenvalue weighted by molar-refractivity contribution is 7.89. The lowest BCUT2D eigenvalue weighted by Gasteiger charge is -2.47. The lowest BCUT2D eigenvalue weighted by molar-refractivity contribution is 0.0392. The van der Waals surface area contributed by atoms with E-state index in [1.54, 1.807) is 29.4 Å². The number of halogens is 3. The maximum Gasteiger partial charge on any atom is 0.254 e. The Bertz CT molecular complexity index is 830. The number of hydrogen-bond donors (Lipinski definition) is 1. The summed E-state index contributed by atoms with van der Waals surface area (Å²) in [5, 5.41) is 3.77. The van der Waals surface area contributed by atoms with Crippen LogP contribution in [0.1, 0.15) is 55.8 Å². The number of piperazine rings is 1. The van der Waals surface area contributed by atoms with Crippen LogP contribution in [0.3, 0.4) is 0 Å². The van der Waals surface area contributed by atoms with E-state index >= 15 is 0 Å². The normalized spacial score (nSPS) is 20.5. The van der Waals surface area contributed by atoms with Crippen molar-refractivity contribution in [3.05, 3.63) is 33.8 Å². The van der Waals surface area contributed by atoms with Crippen molar-refractivity contribution in [1.82, 2.24) is 14.5 Å². The van der Waals surface area contributed by atoms with Gasteiger partial charge in [0.1, 0.15) is 0 Å². The number of carbonyl (C=O) groups excluding carboxylic acids is 1. The largest absolute Gasteiger partial charge is 0.350 e. The van der Waals surface area contributed by atoms with E-state index in [1.807, 2.05) is 0 Å². The molecule has 0 aromatic heterocycles. The monoisotopic (exact) mass is 511 g/mol. The lowest BCUT2D eigenvalue weighted by atomic mass is 9.87. The number of rotatable bonds is 6. The molecule has 31 heavy (non-hydrogen) atoms. The maximum absolute atomic E-state index is 12.9. The van der Waals surface area contributed by atoms with Gasteiger partial charge >= 0.3 is 0 Å². The van der Waals surface area contributed by atoms with Crippen molar-refractivity contribution in [3.63, 3.8) is 0 Å². The highest BCUT2D eigenvalue weighted by Gasteiger charge is 2.40. The lowest BCUT2D eigenvalue weighted by Crippen LogP contribution is -2.61. The molecule has 0 atom stereocenters. The van der Waals surface area contributed by atoms with Gasteiger partial charge in [-0.1, -0.05) is 55.0 Å². The average molecular weight is 513 g/mol. The molecule has 3 rings (SSSR count). The minimum absolute atomic E-state index is 0. The molecule has 1 aliphatic carbocycles. The van der Waals surface area contributed by atoms with Crippen molar-refractivity contribution < 1.29 is 13.2 Å². The van der Waals surface area contributed by atoms with Gasteiger partial charge < -0.3 is 5.32 Å². The third-order valence-electron chi connectivity index (χ3n) is 6.47. The topological polar surface area (TPSA) is 69.7 Å². The molecule has 0 bridgehead atoms. The first kappa shape index (κ1) is 26.7. The second-order valence-electron chi connectivity index (χ2n) is 8.20. The zero-order chi connectivity index (χ0) is 21.8. The van der Waals surface area contributed by atoms with Crippen molar-refractivity contribution in [1.29, 1.82) is 0 Å². The summed E-state index contributed by atoms with van der Waals surface area (Å²) in [7, 11) is -3.17. The van der Waals surface area contributed by atoms with Crippen LogP contribution in [0.4, 0.5) is 0 Å². The number of nitrogens with zero attached hydrogens (tertiary/aromatic N) is 2. The van der Waals surface area contributed by atoms with Gasteiger partial charge in [0, 0.05) is 38.3 Å². The number of nitrogens with one attached hydrogen (secondary N) is 1. The van der Waals surface area contributed by atoms with Gasteiger partial charge in [0.05, 0.1) is 21.4 Å². The Morgan fingerprint density at radius 3 is 2.10 bits per heavy atom. The van der Waals surface area contributed by atoms with Crippen LogP contribution in [-0.2, 0) is 10.0 Å². The molecule has 0 spiro atoms. The fraction of sp³-hybridized carbons (Fsp3) is 0.667. The molecule has 2 aliphatic rings. The predicted molar refractivity (Wildman–Crippen MR) is 129 cm³/mol. The molecule has 1 heterocycles. The summed E-state index contributed by atoms with van der Waals surface area (Å²) in [6, 6.07) is 5.05. The number of hydrogen-bond acceptors (Lipinski definition) is 4. The van der Waals surface area contributed by atoms with E-state index in [0.717, 1.165) is 25.7 Å². The molecule has 0 unspecified atom stereocenters. The molecule has 6 nitrogen and oxygen atoms in total. The van der Waals surface area contributed by atoms with E-state index < -0.39 is 10.0 Å². The molecule has 1 N–H and O–H groups in total. The first-order chi connectivity index (χ1) is 14.3. The summed E-state index contributed by atoms with van der Waals surface area (Å²) in [5.74, 6) is -0.131. The summed E-state index contributed by atoms with van der Waals surface area (Å²) < 4.78 is 26.1. The molecule has 1 saturated carbocycles. The van der Waals surface area contributed by atoms with Gasteiger partial charge in [0.25, 0.3) is 5.91 Å². The van der Waals surface area contributed by atoms with Crippen molar-refractivity contribution in [3.8, 4) is 0 Å². The number of amides is 1. The molecule has 1 aromatic rings. The Kier molecular flexibility index (Phi) is 9.92. The SMILES string of the molecule is CCS(=O)(=O)N1CCN(C2(CNC(=O)c3c(Cl)cccc3Cl)CCCCCC2)CC1.Cl. The van der Waals surface area contributed by atoms with Crippen molar-refractivity contribution in [2.45, 2.75) is 51.0 Å². The number of benzene rings is 1. The van der Waals surface area contributed by atoms with Crippen LogP contribution in [0.2, 0.25) is 10.0 Å². The van der Waals surface area contributed by atoms with Gasteiger partial charge in [-0.05, 0) is 31.9 Å². The minimum atomic E-state index is -3.17. The van der Waals surface area contributed by atoms with Crippen LogP contribution >= 0.6 is 35.6 Å². The second kappa shape index (κ2) is 11.5. The Morgan fingerprint density at radius 1 is 1.03 bits per heavy atom. The molecule has 0 radical (unpaired) electrons. The van der Waals surface area contributed by atoms with E-state index in [-0.39, 0.29) is 29.6 Å². The van der Waals surface area contributed by atoms with Crippen molar-refractivity contribution >= 4 is 51.5 Å². The van der Waals surface area contributed by atoms with Crippen molar-refractivity contribution in [2.75, 3.05) is 38.5 Å². The first-order valence-electron chi connectivity index (χ1n) is 10.7. The molecule has 1 saturated heterocycles. The van der Waals surface area contributed by atoms with Gasteiger partial charge in [-0.2, -0.15) is 4.31 Å². The van der Waals surface area contributed by atoms with Crippen LogP contribution in [0.15, 0.2) is 18.2 Å². The highest BCUT2D eigenvalue weighted by Crippen LogP contribution is 2.34. The van der Waals surface area contributed by atoms with Crippen molar-refractivity contribution in [2.24, 2.45) is 0 Å². The molecule has 10 heteroatoms. The summed E-state index contributed by atoms with van der Waals surface area (Å²) in [6.45, 7) is 4.56. The standard InChI is InChI=1S/C21H31Cl2N3O3S.ClH/c1-2-30(28,29)26-14-12-25(13-15-26)21(10-5-3-4-6-11-21)16-24-20(27)19-17(22)8-7-9-18(19)23;/h7-9H,2-6,10-16H2,1H3,(H,24,27);1H. The highest BCUT2D eigenvalue weighted by atomic mass is 35.5. The smallest absolute Gasteiger partial charge is 0.254 e. The predicted octanol–water partition coefficient (Wildman–Crippen LogP) is 4.21. The third kappa shape index (κ3) is 6.27. The van der Waals surface area contributed by atoms with Gasteiger partial charge in [-0.3, -0.25) is 9.69 Å². The Morgan fingerprint density at radius 2 is 1.58 bits per heavy atom. The zero-order valence-electron chi connectivity index (χ0n) is 17.9. The molecular weight excluding hydrogens is 481 g/mol. The van der Waals surface area contributed by atoms with Crippen LogP contribution in [0.25, 0.3) is 0 Å². The summed E-state index contributed by atoms with van der Waals surface area (Å²) in [6.07, 6.45) is 6.58. The fourth-order valence-corrected chi connectivity index (χ4v) is 6.32. The Labute approximate surface area is 202 Å². The average Bonchev–Trinajstić information content (AvgIpc) is 2.99. The first-order valence-corrected chi connectivity index (χ1v) is 13.1. The van der Waals surface area contributed by atoms with Crippen LogP contribution < -0.4 is 5.32 Å². The van der Waals surface area contributed by atoms with Crippen LogP contribution in [0, 0.1) is 0 Å². The Balaban J connectivity index is 0.00000341. The van der Waals surface area contributed by atoms with Gasteiger partial charge in [-0.25, -0.2) is 8.42 Å². The fourth-order valence-electron chi connectivity index (χ4n) is 4.66. The van der Waals surface area contributed by atoms with Gasteiger partial charge in [0.2, 0.25) is 10.0 Å². The number of carbonyl (C=O) groups is 1. The van der Waals surface area contributed by atoms with E-state index in [2.05, 4.69) is 10.2 Å².